The van der Waals surface area contributed by atoms with Crippen LogP contribution >= 0.6 is 0 Å². The van der Waals surface area contributed by atoms with Crippen LogP contribution < -0.4 is 0 Å². The fourth-order valence-corrected chi connectivity index (χ4v) is 2.84. The van der Waals surface area contributed by atoms with Crippen molar-refractivity contribution in [3.8, 4) is 0 Å². The van der Waals surface area contributed by atoms with E-state index in [-0.39, 0.29) is 11.7 Å². The number of hydrogen-bond acceptors (Lipinski definition) is 1. The van der Waals surface area contributed by atoms with Crippen molar-refractivity contribution in [2.75, 3.05) is 0 Å². The van der Waals surface area contributed by atoms with Crippen LogP contribution in [0.4, 0.5) is 0 Å². The van der Waals surface area contributed by atoms with E-state index in [9.17, 15) is 4.79 Å². The molecule has 0 saturated carbocycles. The average molecular weight is 330 g/mol. The fraction of sp³-hybridized carbons (Fsp3) is 0.208. The Labute approximate surface area is 151 Å². The second-order valence-electron chi connectivity index (χ2n) is 6.56. The molecule has 2 aromatic carbocycles. The average Bonchev–Trinajstić information content (AvgIpc) is 2.58. The minimum atomic E-state index is 0.0505. The van der Waals surface area contributed by atoms with Crippen LogP contribution in [0.3, 0.4) is 0 Å². The first kappa shape index (κ1) is 18.7. The summed E-state index contributed by atoms with van der Waals surface area (Å²) in [5, 5.41) is 0. The molecule has 0 aliphatic heterocycles. The minimum absolute atomic E-state index is 0.0505. The molecule has 0 aliphatic carbocycles. The summed E-state index contributed by atoms with van der Waals surface area (Å²) in [6.45, 7) is 11.9. The molecule has 0 spiro atoms. The highest BCUT2D eigenvalue weighted by Gasteiger charge is 2.14. The van der Waals surface area contributed by atoms with Crippen molar-refractivity contribution in [3.63, 3.8) is 0 Å². The standard InChI is InChI=1S/C24H26O/c1-6-7-8-22(16-19(4)21-12-9-17(2)10-13-21)24(25)23-14-11-18(3)15-20(23)5/h6-16,19H,1H2,2-5H3/b8-7-,22-16+. The number of carbonyl (C=O) groups excluding carboxylic acids is 1. The van der Waals surface area contributed by atoms with Gasteiger partial charge in [0, 0.05) is 11.1 Å². The zero-order chi connectivity index (χ0) is 18.4. The second kappa shape index (κ2) is 8.43. The van der Waals surface area contributed by atoms with Gasteiger partial charge < -0.3 is 0 Å². The van der Waals surface area contributed by atoms with Crippen molar-refractivity contribution in [3.05, 3.63) is 107 Å². The summed E-state index contributed by atoms with van der Waals surface area (Å²) >= 11 is 0. The molecule has 25 heavy (non-hydrogen) atoms. The van der Waals surface area contributed by atoms with Crippen molar-refractivity contribution in [2.24, 2.45) is 0 Å². The lowest BCUT2D eigenvalue weighted by Crippen LogP contribution is -2.06. The maximum Gasteiger partial charge on any atom is 0.192 e. The molecule has 0 amide bonds. The van der Waals surface area contributed by atoms with Crippen LogP contribution in [0, 0.1) is 20.8 Å². The molecule has 2 aromatic rings. The number of hydrogen-bond donors (Lipinski definition) is 0. The monoisotopic (exact) mass is 330 g/mol. The van der Waals surface area contributed by atoms with E-state index in [4.69, 9.17) is 0 Å². The number of allylic oxidation sites excluding steroid dienone is 5. The first-order valence-electron chi connectivity index (χ1n) is 8.62. The van der Waals surface area contributed by atoms with Crippen LogP contribution in [-0.4, -0.2) is 5.78 Å². The Bertz CT molecular complexity index is 820. The van der Waals surface area contributed by atoms with Gasteiger partial charge in [-0.3, -0.25) is 4.79 Å². The number of rotatable bonds is 6. The third kappa shape index (κ3) is 4.90. The molecule has 0 saturated heterocycles. The molecule has 0 fully saturated rings. The summed E-state index contributed by atoms with van der Waals surface area (Å²) in [6.07, 6.45) is 7.39. The summed E-state index contributed by atoms with van der Waals surface area (Å²) in [5.41, 5.74) is 6.04. The lowest BCUT2D eigenvalue weighted by molar-refractivity contribution is 0.103. The highest BCUT2D eigenvalue weighted by molar-refractivity contribution is 6.11. The topological polar surface area (TPSA) is 17.1 Å². The van der Waals surface area contributed by atoms with E-state index < -0.39 is 0 Å². The normalized spacial score (nSPS) is 13.0. The Morgan fingerprint density at radius 2 is 1.64 bits per heavy atom. The molecule has 1 unspecified atom stereocenters. The van der Waals surface area contributed by atoms with Gasteiger partial charge in [-0.05, 0) is 37.8 Å². The van der Waals surface area contributed by atoms with Crippen molar-refractivity contribution in [1.82, 2.24) is 0 Å². The van der Waals surface area contributed by atoms with Crippen molar-refractivity contribution in [1.29, 1.82) is 0 Å². The molecule has 128 valence electrons. The van der Waals surface area contributed by atoms with Crippen molar-refractivity contribution in [2.45, 2.75) is 33.6 Å². The summed E-state index contributed by atoms with van der Waals surface area (Å²) in [6, 6.07) is 14.4. The SMILES string of the molecule is C=C/C=C\C(=C/C(C)c1ccc(C)cc1)C(=O)c1ccc(C)cc1C. The second-order valence-corrected chi connectivity index (χ2v) is 6.56. The third-order valence-corrected chi connectivity index (χ3v) is 4.33. The Morgan fingerprint density at radius 3 is 2.24 bits per heavy atom. The van der Waals surface area contributed by atoms with E-state index in [1.54, 1.807) is 6.08 Å². The number of carbonyl (C=O) groups is 1. The van der Waals surface area contributed by atoms with Crippen molar-refractivity contribution < 1.29 is 4.79 Å². The highest BCUT2D eigenvalue weighted by atomic mass is 16.1. The molecule has 0 radical (unpaired) electrons. The summed E-state index contributed by atoms with van der Waals surface area (Å²) < 4.78 is 0. The van der Waals surface area contributed by atoms with Gasteiger partial charge >= 0.3 is 0 Å². The summed E-state index contributed by atoms with van der Waals surface area (Å²) in [5.74, 6) is 0.203. The van der Waals surface area contributed by atoms with E-state index in [1.807, 2.05) is 50.3 Å². The van der Waals surface area contributed by atoms with Crippen LogP contribution in [-0.2, 0) is 0 Å². The maximum atomic E-state index is 13.0. The Balaban J connectivity index is 2.40. The van der Waals surface area contributed by atoms with E-state index in [1.165, 1.54) is 11.1 Å². The first-order chi connectivity index (χ1) is 11.9. The van der Waals surface area contributed by atoms with Crippen LogP contribution in [0.2, 0.25) is 0 Å². The maximum absolute atomic E-state index is 13.0. The largest absolute Gasteiger partial charge is 0.289 e. The van der Waals surface area contributed by atoms with E-state index in [2.05, 4.69) is 44.7 Å². The minimum Gasteiger partial charge on any atom is -0.289 e. The van der Waals surface area contributed by atoms with Gasteiger partial charge in [0.25, 0.3) is 0 Å². The van der Waals surface area contributed by atoms with Gasteiger partial charge in [-0.15, -0.1) is 0 Å². The van der Waals surface area contributed by atoms with Gasteiger partial charge in [-0.2, -0.15) is 0 Å². The van der Waals surface area contributed by atoms with Crippen LogP contribution in [0.15, 0.2) is 78.9 Å². The molecular formula is C24H26O. The molecule has 1 nitrogen and oxygen atoms in total. The predicted octanol–water partition coefficient (Wildman–Crippen LogP) is 6.27. The predicted molar refractivity (Wildman–Crippen MR) is 107 cm³/mol. The molecule has 0 bridgehead atoms. The summed E-state index contributed by atoms with van der Waals surface area (Å²) in [7, 11) is 0. The van der Waals surface area contributed by atoms with Crippen molar-refractivity contribution >= 4 is 5.78 Å². The lowest BCUT2D eigenvalue weighted by Gasteiger charge is -2.11. The number of aryl methyl sites for hydroxylation is 3. The quantitative estimate of drug-likeness (QED) is 0.347. The number of ketones is 1. The molecule has 1 heteroatoms. The van der Waals surface area contributed by atoms with Crippen LogP contribution in [0.5, 0.6) is 0 Å². The molecular weight excluding hydrogens is 304 g/mol. The molecule has 0 N–H and O–H groups in total. The Morgan fingerprint density at radius 1 is 1.00 bits per heavy atom. The fourth-order valence-electron chi connectivity index (χ4n) is 2.84. The zero-order valence-corrected chi connectivity index (χ0v) is 15.5. The smallest absolute Gasteiger partial charge is 0.192 e. The zero-order valence-electron chi connectivity index (χ0n) is 15.5. The lowest BCUT2D eigenvalue weighted by atomic mass is 9.92. The number of benzene rings is 2. The van der Waals surface area contributed by atoms with Gasteiger partial charge in [0.2, 0.25) is 0 Å². The molecule has 0 aromatic heterocycles. The first-order valence-corrected chi connectivity index (χ1v) is 8.62. The molecule has 1 atom stereocenters. The van der Waals surface area contributed by atoms with Crippen LogP contribution in [0.1, 0.15) is 45.5 Å². The Hall–Kier alpha value is -2.67. The van der Waals surface area contributed by atoms with Crippen LogP contribution in [0.25, 0.3) is 0 Å². The molecule has 0 aliphatic rings. The third-order valence-electron chi connectivity index (χ3n) is 4.33. The van der Waals surface area contributed by atoms with E-state index in [0.717, 1.165) is 16.7 Å². The molecule has 2 rings (SSSR count). The van der Waals surface area contributed by atoms with Gasteiger partial charge in [0.15, 0.2) is 5.78 Å². The summed E-state index contributed by atoms with van der Waals surface area (Å²) in [4.78, 5) is 13.0. The Kier molecular flexibility index (Phi) is 6.30. The highest BCUT2D eigenvalue weighted by Crippen LogP contribution is 2.22. The van der Waals surface area contributed by atoms with E-state index >= 15 is 0 Å². The number of Topliss-reactive ketones (excluding diaryl/α,β-unsaturated/α-hetero) is 1. The van der Waals surface area contributed by atoms with Gasteiger partial charge in [-0.25, -0.2) is 0 Å². The van der Waals surface area contributed by atoms with Gasteiger partial charge in [0.05, 0.1) is 0 Å². The molecule has 0 heterocycles. The van der Waals surface area contributed by atoms with Gasteiger partial charge in [0.1, 0.15) is 0 Å². The van der Waals surface area contributed by atoms with Gasteiger partial charge in [-0.1, -0.05) is 91.4 Å². The van der Waals surface area contributed by atoms with E-state index in [0.29, 0.717) is 5.57 Å².